The number of carbonyl (C=O) groups is 4. The second-order valence-electron chi connectivity index (χ2n) is 13.6. The molecule has 1 aromatic rings. The van der Waals surface area contributed by atoms with Crippen molar-refractivity contribution in [3.05, 3.63) is 35.9 Å². The van der Waals surface area contributed by atoms with Crippen LogP contribution in [0.3, 0.4) is 0 Å². The molecule has 2 saturated heterocycles. The van der Waals surface area contributed by atoms with Crippen LogP contribution in [0.1, 0.15) is 97.5 Å². The Morgan fingerprint density at radius 3 is 2.48 bits per heavy atom. The summed E-state index contributed by atoms with van der Waals surface area (Å²) < 4.78 is 5.23. The number of esters is 1. The minimum absolute atomic E-state index is 0.113. The van der Waals surface area contributed by atoms with Crippen LogP contribution in [-0.4, -0.2) is 87.7 Å². The van der Waals surface area contributed by atoms with Gasteiger partial charge in [-0.1, -0.05) is 57.0 Å². The van der Waals surface area contributed by atoms with Gasteiger partial charge < -0.3 is 30.3 Å². The normalized spacial score (nSPS) is 24.8. The maximum absolute atomic E-state index is 14.0. The molecule has 1 aromatic carbocycles. The van der Waals surface area contributed by atoms with Gasteiger partial charge in [0.05, 0.1) is 23.8 Å². The molecule has 1 aliphatic carbocycles. The lowest BCUT2D eigenvalue weighted by molar-refractivity contribution is -0.148. The van der Waals surface area contributed by atoms with Crippen LogP contribution >= 0.6 is 0 Å². The fourth-order valence-corrected chi connectivity index (χ4v) is 7.02. The Labute approximate surface area is 262 Å². The average Bonchev–Trinajstić information content (AvgIpc) is 3.55. The van der Waals surface area contributed by atoms with Crippen molar-refractivity contribution >= 4 is 23.8 Å². The van der Waals surface area contributed by atoms with E-state index in [-0.39, 0.29) is 48.3 Å². The third kappa shape index (κ3) is 8.73. The number of hydrogen-bond acceptors (Lipinski definition) is 6. The first-order valence-corrected chi connectivity index (χ1v) is 16.6. The SMILES string of the molecule is CC(C)CC(NC(=O)C(Cc1ccccc1)N1C[C@@H]2CCCN2C1=O)C(=O)NC1CCCCC1(O)CCCC(=O)OC(C)C. The van der Waals surface area contributed by atoms with Gasteiger partial charge in [0, 0.05) is 25.9 Å². The summed E-state index contributed by atoms with van der Waals surface area (Å²) in [5.74, 6) is -0.841. The first-order chi connectivity index (χ1) is 21.0. The van der Waals surface area contributed by atoms with E-state index < -0.39 is 23.7 Å². The molecule has 0 radical (unpaired) electrons. The molecule has 3 N–H and O–H groups in total. The van der Waals surface area contributed by atoms with Gasteiger partial charge >= 0.3 is 12.0 Å². The average molecular weight is 613 g/mol. The van der Waals surface area contributed by atoms with Crippen LogP contribution in [-0.2, 0) is 25.5 Å². The molecule has 10 heteroatoms. The second kappa shape index (κ2) is 15.2. The lowest BCUT2D eigenvalue weighted by atomic mass is 9.77. The summed E-state index contributed by atoms with van der Waals surface area (Å²) in [7, 11) is 0. The summed E-state index contributed by atoms with van der Waals surface area (Å²) in [5.41, 5.74) is -0.190. The molecule has 44 heavy (non-hydrogen) atoms. The van der Waals surface area contributed by atoms with Crippen LogP contribution in [0.4, 0.5) is 4.79 Å². The Bertz CT molecular complexity index is 1140. The van der Waals surface area contributed by atoms with Crippen LogP contribution in [0.2, 0.25) is 0 Å². The maximum Gasteiger partial charge on any atom is 0.321 e. The summed E-state index contributed by atoms with van der Waals surface area (Å²) in [6.45, 7) is 8.83. The molecule has 244 valence electrons. The van der Waals surface area contributed by atoms with Gasteiger partial charge in [0.25, 0.3) is 0 Å². The van der Waals surface area contributed by atoms with Crippen molar-refractivity contribution in [3.63, 3.8) is 0 Å². The Kier molecular flexibility index (Phi) is 11.7. The van der Waals surface area contributed by atoms with Crippen LogP contribution in [0, 0.1) is 5.92 Å². The highest BCUT2D eigenvalue weighted by Crippen LogP contribution is 2.33. The third-order valence-corrected chi connectivity index (χ3v) is 9.24. The number of aliphatic hydroxyl groups is 1. The number of benzene rings is 1. The number of urea groups is 1. The molecule has 2 heterocycles. The van der Waals surface area contributed by atoms with Gasteiger partial charge in [-0.3, -0.25) is 14.4 Å². The van der Waals surface area contributed by atoms with E-state index in [2.05, 4.69) is 10.6 Å². The Hall–Kier alpha value is -3.14. The quantitative estimate of drug-likeness (QED) is 0.273. The number of ether oxygens (including phenoxy) is 1. The highest BCUT2D eigenvalue weighted by atomic mass is 16.5. The molecule has 2 aliphatic heterocycles. The van der Waals surface area contributed by atoms with Crippen molar-refractivity contribution in [3.8, 4) is 0 Å². The van der Waals surface area contributed by atoms with E-state index in [1.807, 2.05) is 49.1 Å². The summed E-state index contributed by atoms with van der Waals surface area (Å²) in [4.78, 5) is 56.8. The zero-order valence-electron chi connectivity index (χ0n) is 26.9. The first-order valence-electron chi connectivity index (χ1n) is 16.6. The van der Waals surface area contributed by atoms with Crippen molar-refractivity contribution in [1.29, 1.82) is 0 Å². The van der Waals surface area contributed by atoms with E-state index in [4.69, 9.17) is 4.74 Å². The number of rotatable bonds is 14. The van der Waals surface area contributed by atoms with Crippen molar-refractivity contribution < 1.29 is 29.0 Å². The van der Waals surface area contributed by atoms with E-state index in [0.717, 1.165) is 31.2 Å². The fourth-order valence-electron chi connectivity index (χ4n) is 7.02. The Balaban J connectivity index is 1.46. The minimum atomic E-state index is -1.14. The molecular weight excluding hydrogens is 560 g/mol. The van der Waals surface area contributed by atoms with E-state index in [1.165, 1.54) is 0 Å². The molecule has 0 aromatic heterocycles. The number of amides is 4. The van der Waals surface area contributed by atoms with Crippen LogP contribution in [0.25, 0.3) is 0 Å². The van der Waals surface area contributed by atoms with Gasteiger partial charge in [-0.15, -0.1) is 0 Å². The van der Waals surface area contributed by atoms with Crippen LogP contribution < -0.4 is 10.6 Å². The van der Waals surface area contributed by atoms with E-state index >= 15 is 0 Å². The van der Waals surface area contributed by atoms with Gasteiger partial charge in [0.15, 0.2) is 0 Å². The summed E-state index contributed by atoms with van der Waals surface area (Å²) in [6, 6.07) is 7.63. The van der Waals surface area contributed by atoms with Crippen molar-refractivity contribution in [2.45, 2.75) is 134 Å². The monoisotopic (exact) mass is 612 g/mol. The summed E-state index contributed by atoms with van der Waals surface area (Å²) in [5, 5.41) is 17.7. The van der Waals surface area contributed by atoms with Gasteiger partial charge in [-0.05, 0) is 70.3 Å². The molecule has 3 fully saturated rings. The van der Waals surface area contributed by atoms with Gasteiger partial charge in [-0.25, -0.2) is 4.79 Å². The largest absolute Gasteiger partial charge is 0.463 e. The van der Waals surface area contributed by atoms with Crippen LogP contribution in [0.5, 0.6) is 0 Å². The number of hydrogen-bond donors (Lipinski definition) is 3. The maximum atomic E-state index is 14.0. The molecule has 10 nitrogen and oxygen atoms in total. The van der Waals surface area contributed by atoms with Crippen molar-refractivity contribution in [2.24, 2.45) is 5.92 Å². The lowest BCUT2D eigenvalue weighted by Crippen LogP contribution is -2.60. The predicted octanol–water partition coefficient (Wildman–Crippen LogP) is 3.94. The number of fused-ring (bicyclic) bond motifs is 1. The van der Waals surface area contributed by atoms with Gasteiger partial charge in [0.1, 0.15) is 12.1 Å². The zero-order valence-corrected chi connectivity index (χ0v) is 26.9. The van der Waals surface area contributed by atoms with Gasteiger partial charge in [0.2, 0.25) is 11.8 Å². The molecule has 3 aliphatic rings. The third-order valence-electron chi connectivity index (χ3n) is 9.24. The molecule has 4 rings (SSSR count). The number of nitrogens with zero attached hydrogens (tertiary/aromatic N) is 2. The highest BCUT2D eigenvalue weighted by Gasteiger charge is 2.46. The number of nitrogens with one attached hydrogen (secondary N) is 2. The predicted molar refractivity (Wildman–Crippen MR) is 168 cm³/mol. The topological polar surface area (TPSA) is 128 Å². The minimum Gasteiger partial charge on any atom is -0.463 e. The van der Waals surface area contributed by atoms with Crippen molar-refractivity contribution in [2.75, 3.05) is 13.1 Å². The lowest BCUT2D eigenvalue weighted by Gasteiger charge is -2.41. The molecular formula is C34H52N4O6. The highest BCUT2D eigenvalue weighted by molar-refractivity contribution is 5.92. The summed E-state index contributed by atoms with van der Waals surface area (Å²) >= 11 is 0. The van der Waals surface area contributed by atoms with E-state index in [0.29, 0.717) is 51.6 Å². The van der Waals surface area contributed by atoms with E-state index in [9.17, 15) is 24.3 Å². The Morgan fingerprint density at radius 1 is 1.05 bits per heavy atom. The molecule has 1 saturated carbocycles. The molecule has 0 bridgehead atoms. The first kappa shape index (κ1) is 33.7. The standard InChI is InChI=1S/C34H52N4O6/c1-23(2)20-27(31(40)36-29-15-8-9-17-34(29,43)18-10-16-30(39)44-24(3)4)35-32(41)28(21-25-12-6-5-7-13-25)38-22-26-14-11-19-37(26)33(38)42/h5-7,12-13,23-24,26-29,43H,8-11,14-22H2,1-4H3,(H,35,41)(H,36,40)/t26-,27?,28?,29?,34?/m0/s1. The Morgan fingerprint density at radius 2 is 1.80 bits per heavy atom. The van der Waals surface area contributed by atoms with Crippen LogP contribution in [0.15, 0.2) is 30.3 Å². The zero-order chi connectivity index (χ0) is 31.9. The molecule has 4 unspecified atom stereocenters. The fraction of sp³-hybridized carbons (Fsp3) is 0.706. The molecule has 4 amide bonds. The second-order valence-corrected chi connectivity index (χ2v) is 13.6. The molecule has 0 spiro atoms. The van der Waals surface area contributed by atoms with Gasteiger partial charge in [-0.2, -0.15) is 0 Å². The summed E-state index contributed by atoms with van der Waals surface area (Å²) in [6.07, 6.45) is 6.42. The van der Waals surface area contributed by atoms with Crippen molar-refractivity contribution in [1.82, 2.24) is 20.4 Å². The molecule has 5 atom stereocenters. The smallest absolute Gasteiger partial charge is 0.321 e. The number of carbonyl (C=O) groups excluding carboxylic acids is 4. The van der Waals surface area contributed by atoms with E-state index in [1.54, 1.807) is 18.7 Å².